The van der Waals surface area contributed by atoms with Crippen LogP contribution in [0.15, 0.2) is 35.7 Å². The van der Waals surface area contributed by atoms with Crippen LogP contribution in [0.4, 0.5) is 11.4 Å². The zero-order valence-electron chi connectivity index (χ0n) is 15.5. The quantitative estimate of drug-likeness (QED) is 0.900. The van der Waals surface area contributed by atoms with Gasteiger partial charge in [-0.2, -0.15) is 0 Å². The van der Waals surface area contributed by atoms with Gasteiger partial charge < -0.3 is 15.1 Å². The maximum Gasteiger partial charge on any atom is 0.265 e. The second-order valence-electron chi connectivity index (χ2n) is 7.70. The van der Waals surface area contributed by atoms with E-state index in [2.05, 4.69) is 61.1 Å². The second-order valence-corrected chi connectivity index (χ2v) is 8.65. The van der Waals surface area contributed by atoms with Crippen LogP contribution in [0.1, 0.15) is 36.0 Å². The lowest BCUT2D eigenvalue weighted by atomic mass is 9.85. The van der Waals surface area contributed by atoms with Crippen LogP contribution in [-0.2, 0) is 5.41 Å². The number of hydrogen-bond acceptors (Lipinski definition) is 4. The van der Waals surface area contributed by atoms with Gasteiger partial charge >= 0.3 is 0 Å². The third-order valence-electron chi connectivity index (χ3n) is 4.67. The maximum atomic E-state index is 12.6. The summed E-state index contributed by atoms with van der Waals surface area (Å²) in [5, 5.41) is 5.07. The van der Waals surface area contributed by atoms with Gasteiger partial charge in [-0.1, -0.05) is 32.9 Å². The van der Waals surface area contributed by atoms with E-state index in [1.807, 2.05) is 17.5 Å². The number of thiophene rings is 1. The topological polar surface area (TPSA) is 35.6 Å². The third-order valence-corrected chi connectivity index (χ3v) is 5.54. The summed E-state index contributed by atoms with van der Waals surface area (Å²) in [4.78, 5) is 18.0. The number of rotatable bonds is 3. The summed E-state index contributed by atoms with van der Waals surface area (Å²) in [6, 6.07) is 10.3. The SMILES string of the molecule is CN1CCN(c2ccc(C(C)(C)C)c(NC(=O)c3cccs3)c2)CC1. The largest absolute Gasteiger partial charge is 0.369 e. The molecular formula is C20H27N3OS. The van der Waals surface area contributed by atoms with E-state index < -0.39 is 0 Å². The lowest BCUT2D eigenvalue weighted by Crippen LogP contribution is -2.44. The second kappa shape index (κ2) is 7.18. The Morgan fingerprint density at radius 1 is 1.12 bits per heavy atom. The van der Waals surface area contributed by atoms with Gasteiger partial charge in [-0.15, -0.1) is 11.3 Å². The fourth-order valence-corrected chi connectivity index (χ4v) is 3.76. The molecule has 1 N–H and O–H groups in total. The molecule has 5 heteroatoms. The lowest BCUT2D eigenvalue weighted by molar-refractivity contribution is 0.103. The molecule has 2 heterocycles. The van der Waals surface area contributed by atoms with Crippen LogP contribution < -0.4 is 10.2 Å². The standard InChI is InChI=1S/C20H27N3OS/c1-20(2,3)16-8-7-15(23-11-9-22(4)10-12-23)14-17(16)21-19(24)18-6-5-13-25-18/h5-8,13-14H,9-12H2,1-4H3,(H,21,24). The molecular weight excluding hydrogens is 330 g/mol. The molecule has 1 aromatic heterocycles. The predicted molar refractivity (Wildman–Crippen MR) is 107 cm³/mol. The number of piperazine rings is 1. The highest BCUT2D eigenvalue weighted by atomic mass is 32.1. The summed E-state index contributed by atoms with van der Waals surface area (Å²) in [7, 11) is 2.16. The fraction of sp³-hybridized carbons (Fsp3) is 0.450. The Hall–Kier alpha value is -1.85. The Labute approximate surface area is 154 Å². The van der Waals surface area contributed by atoms with Crippen LogP contribution in [0.25, 0.3) is 0 Å². The van der Waals surface area contributed by atoms with Gasteiger partial charge in [-0.05, 0) is 41.6 Å². The molecule has 25 heavy (non-hydrogen) atoms. The minimum absolute atomic E-state index is 0.0291. The normalized spacial score (nSPS) is 16.1. The van der Waals surface area contributed by atoms with Crippen molar-refractivity contribution in [3.05, 3.63) is 46.2 Å². The van der Waals surface area contributed by atoms with Crippen molar-refractivity contribution in [2.75, 3.05) is 43.4 Å². The van der Waals surface area contributed by atoms with Crippen molar-refractivity contribution >= 4 is 28.6 Å². The van der Waals surface area contributed by atoms with Crippen LogP contribution in [0.2, 0.25) is 0 Å². The first-order valence-electron chi connectivity index (χ1n) is 8.77. The van der Waals surface area contributed by atoms with Crippen molar-refractivity contribution in [3.63, 3.8) is 0 Å². The monoisotopic (exact) mass is 357 g/mol. The first-order valence-corrected chi connectivity index (χ1v) is 9.65. The van der Waals surface area contributed by atoms with Crippen molar-refractivity contribution in [2.45, 2.75) is 26.2 Å². The molecule has 1 saturated heterocycles. The Bertz CT molecular complexity index is 726. The molecule has 0 saturated carbocycles. The Balaban J connectivity index is 1.89. The minimum Gasteiger partial charge on any atom is -0.369 e. The molecule has 2 aromatic rings. The molecule has 0 radical (unpaired) electrons. The number of amides is 1. The molecule has 0 aliphatic carbocycles. The van der Waals surface area contributed by atoms with E-state index in [9.17, 15) is 4.79 Å². The number of benzene rings is 1. The first kappa shape index (κ1) is 18.0. The predicted octanol–water partition coefficient (Wildman–Crippen LogP) is 4.05. The molecule has 4 nitrogen and oxygen atoms in total. The molecule has 3 rings (SSSR count). The Morgan fingerprint density at radius 2 is 1.84 bits per heavy atom. The first-order chi connectivity index (χ1) is 11.8. The molecule has 134 valence electrons. The zero-order valence-corrected chi connectivity index (χ0v) is 16.3. The van der Waals surface area contributed by atoms with Gasteiger partial charge in [0, 0.05) is 37.6 Å². The summed E-state index contributed by atoms with van der Waals surface area (Å²) < 4.78 is 0. The van der Waals surface area contributed by atoms with E-state index in [4.69, 9.17) is 0 Å². The number of anilines is 2. The summed E-state index contributed by atoms with van der Waals surface area (Å²) in [6.45, 7) is 10.7. The molecule has 0 atom stereocenters. The van der Waals surface area contributed by atoms with Crippen molar-refractivity contribution < 1.29 is 4.79 Å². The van der Waals surface area contributed by atoms with Gasteiger partial charge in [-0.3, -0.25) is 4.79 Å². The van der Waals surface area contributed by atoms with Crippen LogP contribution in [0.3, 0.4) is 0 Å². The van der Waals surface area contributed by atoms with Crippen molar-refractivity contribution in [1.82, 2.24) is 4.90 Å². The van der Waals surface area contributed by atoms with E-state index >= 15 is 0 Å². The summed E-state index contributed by atoms with van der Waals surface area (Å²) in [6.07, 6.45) is 0. The molecule has 1 aromatic carbocycles. The van der Waals surface area contributed by atoms with Crippen LogP contribution in [0, 0.1) is 0 Å². The van der Waals surface area contributed by atoms with Gasteiger partial charge in [-0.25, -0.2) is 0 Å². The van der Waals surface area contributed by atoms with Crippen LogP contribution in [-0.4, -0.2) is 44.0 Å². The molecule has 1 fully saturated rings. The average Bonchev–Trinajstić information content (AvgIpc) is 3.09. The third kappa shape index (κ3) is 4.22. The molecule has 0 bridgehead atoms. The highest BCUT2D eigenvalue weighted by Gasteiger charge is 2.22. The highest BCUT2D eigenvalue weighted by Crippen LogP contribution is 2.33. The number of nitrogens with zero attached hydrogens (tertiary/aromatic N) is 2. The lowest BCUT2D eigenvalue weighted by Gasteiger charge is -2.35. The Morgan fingerprint density at radius 3 is 2.44 bits per heavy atom. The number of nitrogens with one attached hydrogen (secondary N) is 1. The van der Waals surface area contributed by atoms with Crippen LogP contribution >= 0.6 is 11.3 Å². The van der Waals surface area contributed by atoms with E-state index in [0.717, 1.165) is 42.3 Å². The van der Waals surface area contributed by atoms with E-state index in [0.29, 0.717) is 0 Å². The highest BCUT2D eigenvalue weighted by molar-refractivity contribution is 7.12. The maximum absolute atomic E-state index is 12.6. The summed E-state index contributed by atoms with van der Waals surface area (Å²) in [5.41, 5.74) is 3.24. The van der Waals surface area contributed by atoms with Gasteiger partial charge in [0.05, 0.1) is 4.88 Å². The number of carbonyl (C=O) groups excluding carboxylic acids is 1. The van der Waals surface area contributed by atoms with Gasteiger partial charge in [0.25, 0.3) is 5.91 Å². The minimum atomic E-state index is -0.0315. The summed E-state index contributed by atoms with van der Waals surface area (Å²) >= 11 is 1.47. The van der Waals surface area contributed by atoms with E-state index in [-0.39, 0.29) is 11.3 Å². The Kier molecular flexibility index (Phi) is 5.16. The number of carbonyl (C=O) groups is 1. The smallest absolute Gasteiger partial charge is 0.265 e. The molecule has 1 aliphatic heterocycles. The van der Waals surface area contributed by atoms with E-state index in [1.165, 1.54) is 17.0 Å². The molecule has 1 amide bonds. The zero-order chi connectivity index (χ0) is 18.0. The average molecular weight is 358 g/mol. The van der Waals surface area contributed by atoms with E-state index in [1.54, 1.807) is 0 Å². The summed E-state index contributed by atoms with van der Waals surface area (Å²) in [5.74, 6) is -0.0315. The fourth-order valence-electron chi connectivity index (χ4n) is 3.14. The van der Waals surface area contributed by atoms with Crippen molar-refractivity contribution in [3.8, 4) is 0 Å². The molecule has 0 spiro atoms. The number of likely N-dealkylation sites (N-methyl/N-ethyl adjacent to an activating group) is 1. The van der Waals surface area contributed by atoms with Crippen molar-refractivity contribution in [1.29, 1.82) is 0 Å². The molecule has 0 unspecified atom stereocenters. The van der Waals surface area contributed by atoms with Gasteiger partial charge in [0.2, 0.25) is 0 Å². The molecule has 1 aliphatic rings. The van der Waals surface area contributed by atoms with Gasteiger partial charge in [0.1, 0.15) is 0 Å². The van der Waals surface area contributed by atoms with Gasteiger partial charge in [0.15, 0.2) is 0 Å². The van der Waals surface area contributed by atoms with Crippen LogP contribution in [0.5, 0.6) is 0 Å². The number of hydrogen-bond donors (Lipinski definition) is 1. The van der Waals surface area contributed by atoms with Crippen molar-refractivity contribution in [2.24, 2.45) is 0 Å².